The first kappa shape index (κ1) is 16.9. The highest BCUT2D eigenvalue weighted by atomic mass is 32.2. The van der Waals surface area contributed by atoms with E-state index in [0.29, 0.717) is 19.5 Å². The molecular formula is C17H24N2O2S. The van der Waals surface area contributed by atoms with E-state index in [1.807, 2.05) is 9.80 Å². The Balaban J connectivity index is 1.75. The summed E-state index contributed by atoms with van der Waals surface area (Å²) in [5.41, 5.74) is 1.25. The summed E-state index contributed by atoms with van der Waals surface area (Å²) in [6, 6.07) is 8.38. The number of carbonyl (C=O) groups excluding carboxylic acids is 2. The number of nitrogens with zero attached hydrogens (tertiary/aromatic N) is 2. The number of amides is 2. The summed E-state index contributed by atoms with van der Waals surface area (Å²) in [6.45, 7) is 6.51. The zero-order valence-corrected chi connectivity index (χ0v) is 14.2. The van der Waals surface area contributed by atoms with Gasteiger partial charge in [0, 0.05) is 50.2 Å². The van der Waals surface area contributed by atoms with Gasteiger partial charge in [0.1, 0.15) is 0 Å². The van der Waals surface area contributed by atoms with Crippen LogP contribution in [0, 0.1) is 6.92 Å². The topological polar surface area (TPSA) is 40.6 Å². The Morgan fingerprint density at radius 2 is 1.68 bits per heavy atom. The molecule has 0 bridgehead atoms. The maximum absolute atomic E-state index is 12.3. The van der Waals surface area contributed by atoms with Crippen LogP contribution in [0.1, 0.15) is 25.3 Å². The van der Waals surface area contributed by atoms with Crippen LogP contribution in [0.25, 0.3) is 0 Å². The molecule has 0 atom stereocenters. The molecule has 120 valence electrons. The van der Waals surface area contributed by atoms with E-state index in [1.54, 1.807) is 18.7 Å². The van der Waals surface area contributed by atoms with Crippen molar-refractivity contribution in [2.45, 2.75) is 31.6 Å². The molecule has 1 aromatic carbocycles. The van der Waals surface area contributed by atoms with E-state index in [2.05, 4.69) is 31.2 Å². The molecule has 0 spiro atoms. The van der Waals surface area contributed by atoms with Gasteiger partial charge in [-0.05, 0) is 25.5 Å². The molecule has 1 saturated heterocycles. The lowest BCUT2D eigenvalue weighted by Gasteiger charge is -2.21. The third-order valence-electron chi connectivity index (χ3n) is 3.90. The molecule has 2 rings (SSSR count). The second-order valence-corrected chi connectivity index (χ2v) is 6.82. The monoisotopic (exact) mass is 320 g/mol. The molecule has 0 radical (unpaired) electrons. The third kappa shape index (κ3) is 5.05. The van der Waals surface area contributed by atoms with Crippen LogP contribution in [0.2, 0.25) is 0 Å². The van der Waals surface area contributed by atoms with Crippen LogP contribution in [0.4, 0.5) is 0 Å². The molecule has 0 aromatic heterocycles. The first-order chi connectivity index (χ1) is 10.6. The highest BCUT2D eigenvalue weighted by Gasteiger charge is 2.19. The van der Waals surface area contributed by atoms with Crippen molar-refractivity contribution in [3.05, 3.63) is 29.8 Å². The average molecular weight is 320 g/mol. The minimum Gasteiger partial charge on any atom is -0.341 e. The number of thioether (sulfide) groups is 1. The minimum atomic E-state index is 0.101. The number of carbonyl (C=O) groups is 2. The normalized spacial score (nSPS) is 15.5. The maximum Gasteiger partial charge on any atom is 0.223 e. The first-order valence-electron chi connectivity index (χ1n) is 7.79. The Labute approximate surface area is 136 Å². The Bertz CT molecular complexity index is 516. The van der Waals surface area contributed by atoms with E-state index in [4.69, 9.17) is 0 Å². The molecule has 0 N–H and O–H groups in total. The van der Waals surface area contributed by atoms with Crippen LogP contribution in [-0.4, -0.2) is 53.5 Å². The van der Waals surface area contributed by atoms with Crippen molar-refractivity contribution in [2.75, 3.05) is 31.9 Å². The molecule has 0 aliphatic carbocycles. The van der Waals surface area contributed by atoms with Gasteiger partial charge in [-0.2, -0.15) is 0 Å². The lowest BCUT2D eigenvalue weighted by Crippen LogP contribution is -2.36. The van der Waals surface area contributed by atoms with E-state index < -0.39 is 0 Å². The zero-order valence-electron chi connectivity index (χ0n) is 13.4. The molecule has 0 unspecified atom stereocenters. The lowest BCUT2D eigenvalue weighted by molar-refractivity contribution is -0.132. The van der Waals surface area contributed by atoms with Crippen molar-refractivity contribution in [2.24, 2.45) is 0 Å². The first-order valence-corrected chi connectivity index (χ1v) is 8.77. The maximum atomic E-state index is 12.3. The molecule has 1 aromatic rings. The van der Waals surface area contributed by atoms with Gasteiger partial charge < -0.3 is 9.80 Å². The third-order valence-corrected chi connectivity index (χ3v) is 4.91. The number of aryl methyl sites for hydroxylation is 1. The zero-order chi connectivity index (χ0) is 15.9. The average Bonchev–Trinajstić information content (AvgIpc) is 2.75. The van der Waals surface area contributed by atoms with Crippen LogP contribution in [-0.2, 0) is 9.59 Å². The summed E-state index contributed by atoms with van der Waals surface area (Å²) in [6.07, 6.45) is 1.43. The summed E-state index contributed by atoms with van der Waals surface area (Å²) in [7, 11) is 0. The van der Waals surface area contributed by atoms with Gasteiger partial charge in [0.05, 0.1) is 0 Å². The van der Waals surface area contributed by atoms with Crippen molar-refractivity contribution in [1.29, 1.82) is 0 Å². The fourth-order valence-corrected chi connectivity index (χ4v) is 3.37. The van der Waals surface area contributed by atoms with E-state index in [9.17, 15) is 9.59 Å². The van der Waals surface area contributed by atoms with Crippen LogP contribution in [0.5, 0.6) is 0 Å². The van der Waals surface area contributed by atoms with Crippen molar-refractivity contribution in [3.8, 4) is 0 Å². The SMILES string of the molecule is CC(=O)N1CCCN(C(=O)CCSc2ccc(C)cc2)CC1. The molecule has 4 nitrogen and oxygen atoms in total. The summed E-state index contributed by atoms with van der Waals surface area (Å²) in [5.74, 6) is 1.10. The minimum absolute atomic E-state index is 0.101. The van der Waals surface area contributed by atoms with E-state index in [-0.39, 0.29) is 11.8 Å². The summed E-state index contributed by atoms with van der Waals surface area (Å²) in [5, 5.41) is 0. The summed E-state index contributed by atoms with van der Waals surface area (Å²) in [4.78, 5) is 28.6. The lowest BCUT2D eigenvalue weighted by atomic mass is 10.2. The Morgan fingerprint density at radius 1 is 1.05 bits per heavy atom. The molecule has 1 aliphatic rings. The highest BCUT2D eigenvalue weighted by molar-refractivity contribution is 7.99. The smallest absolute Gasteiger partial charge is 0.223 e. The highest BCUT2D eigenvalue weighted by Crippen LogP contribution is 2.19. The molecule has 1 heterocycles. The number of hydrogen-bond donors (Lipinski definition) is 0. The van der Waals surface area contributed by atoms with Gasteiger partial charge in [0.15, 0.2) is 0 Å². The molecule has 1 aliphatic heterocycles. The van der Waals surface area contributed by atoms with E-state index in [0.717, 1.165) is 25.3 Å². The molecular weight excluding hydrogens is 296 g/mol. The van der Waals surface area contributed by atoms with Crippen LogP contribution >= 0.6 is 11.8 Å². The molecule has 0 saturated carbocycles. The van der Waals surface area contributed by atoms with E-state index in [1.165, 1.54) is 10.5 Å². The Hall–Kier alpha value is -1.49. The van der Waals surface area contributed by atoms with Gasteiger partial charge in [-0.1, -0.05) is 17.7 Å². The Kier molecular flexibility index (Phi) is 6.31. The van der Waals surface area contributed by atoms with Gasteiger partial charge in [0.25, 0.3) is 0 Å². The summed E-state index contributed by atoms with van der Waals surface area (Å²) >= 11 is 1.72. The number of hydrogen-bond acceptors (Lipinski definition) is 3. The fourth-order valence-electron chi connectivity index (χ4n) is 2.53. The quantitative estimate of drug-likeness (QED) is 0.801. The van der Waals surface area contributed by atoms with Crippen molar-refractivity contribution < 1.29 is 9.59 Å². The van der Waals surface area contributed by atoms with Gasteiger partial charge >= 0.3 is 0 Å². The molecule has 5 heteroatoms. The Morgan fingerprint density at radius 3 is 2.36 bits per heavy atom. The standard InChI is InChI=1S/C17H24N2O2S/c1-14-4-6-16(7-5-14)22-13-8-17(21)19-10-3-9-18(11-12-19)15(2)20/h4-7H,3,8-13H2,1-2H3. The predicted molar refractivity (Wildman–Crippen MR) is 90.0 cm³/mol. The molecule has 1 fully saturated rings. The van der Waals surface area contributed by atoms with Gasteiger partial charge in [0.2, 0.25) is 11.8 Å². The number of benzene rings is 1. The van der Waals surface area contributed by atoms with Gasteiger partial charge in [-0.3, -0.25) is 9.59 Å². The largest absolute Gasteiger partial charge is 0.341 e. The van der Waals surface area contributed by atoms with Crippen LogP contribution < -0.4 is 0 Å². The van der Waals surface area contributed by atoms with E-state index >= 15 is 0 Å². The van der Waals surface area contributed by atoms with Crippen molar-refractivity contribution in [3.63, 3.8) is 0 Å². The predicted octanol–water partition coefficient (Wildman–Crippen LogP) is 2.56. The molecule has 22 heavy (non-hydrogen) atoms. The van der Waals surface area contributed by atoms with Crippen molar-refractivity contribution in [1.82, 2.24) is 9.80 Å². The van der Waals surface area contributed by atoms with Gasteiger partial charge in [-0.25, -0.2) is 0 Å². The van der Waals surface area contributed by atoms with Crippen LogP contribution in [0.3, 0.4) is 0 Å². The second kappa shape index (κ2) is 8.22. The summed E-state index contributed by atoms with van der Waals surface area (Å²) < 4.78 is 0. The number of rotatable bonds is 4. The molecule has 2 amide bonds. The fraction of sp³-hybridized carbons (Fsp3) is 0.529. The van der Waals surface area contributed by atoms with Crippen molar-refractivity contribution >= 4 is 23.6 Å². The van der Waals surface area contributed by atoms with Gasteiger partial charge in [-0.15, -0.1) is 11.8 Å². The van der Waals surface area contributed by atoms with Crippen LogP contribution in [0.15, 0.2) is 29.2 Å². The second-order valence-electron chi connectivity index (χ2n) is 5.65.